The molecule has 1 aromatic heterocycles. The van der Waals surface area contributed by atoms with Crippen molar-refractivity contribution in [1.29, 1.82) is 0 Å². The standard InChI is InChI=1S/C22H18BrN3O4S2/c23-13-1-4-15(5-2-13)26-21(28)20-16(7-10-31-20)25-22(26)32-12-19(27)24-14-3-6-17-18(11-14)30-9-8-29-17/h1-6,11H,7-10,12H2,(H,24,27). The molecule has 164 valence electrons. The van der Waals surface area contributed by atoms with Crippen molar-refractivity contribution in [2.75, 3.05) is 30.0 Å². The molecule has 7 nitrogen and oxygen atoms in total. The van der Waals surface area contributed by atoms with Gasteiger partial charge in [0.05, 0.1) is 22.0 Å². The van der Waals surface area contributed by atoms with Crippen LogP contribution in [0.3, 0.4) is 0 Å². The van der Waals surface area contributed by atoms with Crippen LogP contribution in [0, 0.1) is 0 Å². The lowest BCUT2D eigenvalue weighted by molar-refractivity contribution is -0.113. The average Bonchev–Trinajstić information content (AvgIpc) is 3.28. The van der Waals surface area contributed by atoms with E-state index in [2.05, 4.69) is 21.2 Å². The van der Waals surface area contributed by atoms with Crippen LogP contribution >= 0.6 is 39.5 Å². The highest BCUT2D eigenvalue weighted by atomic mass is 79.9. The molecule has 0 spiro atoms. The zero-order valence-electron chi connectivity index (χ0n) is 16.8. The Kier molecular flexibility index (Phi) is 6.16. The molecule has 0 saturated carbocycles. The number of nitrogens with zero attached hydrogens (tertiary/aromatic N) is 2. The van der Waals surface area contributed by atoms with Gasteiger partial charge < -0.3 is 14.8 Å². The number of nitrogens with one attached hydrogen (secondary N) is 1. The first-order valence-corrected chi connectivity index (χ1v) is 12.7. The summed E-state index contributed by atoms with van der Waals surface area (Å²) < 4.78 is 13.6. The van der Waals surface area contributed by atoms with E-state index < -0.39 is 0 Å². The molecule has 0 atom stereocenters. The van der Waals surface area contributed by atoms with Crippen LogP contribution in [-0.4, -0.2) is 40.2 Å². The Morgan fingerprint density at radius 1 is 1.16 bits per heavy atom. The predicted octanol–water partition coefficient (Wildman–Crippen LogP) is 4.15. The first kappa shape index (κ1) is 21.4. The van der Waals surface area contributed by atoms with Gasteiger partial charge in [-0.15, -0.1) is 11.8 Å². The summed E-state index contributed by atoms with van der Waals surface area (Å²) in [7, 11) is 0. The molecule has 0 saturated heterocycles. The van der Waals surface area contributed by atoms with Gasteiger partial charge in [-0.2, -0.15) is 0 Å². The molecule has 0 unspecified atom stereocenters. The van der Waals surface area contributed by atoms with Crippen LogP contribution in [0.25, 0.3) is 5.69 Å². The highest BCUT2D eigenvalue weighted by Gasteiger charge is 2.23. The summed E-state index contributed by atoms with van der Waals surface area (Å²) in [6.07, 6.45) is 0.757. The predicted molar refractivity (Wildman–Crippen MR) is 129 cm³/mol. The SMILES string of the molecule is O=C(CSc1nc2c(c(=O)n1-c1ccc(Br)cc1)SCC2)Nc1ccc2c(c1)OCCO2. The van der Waals surface area contributed by atoms with Crippen molar-refractivity contribution in [1.82, 2.24) is 9.55 Å². The number of benzene rings is 2. The van der Waals surface area contributed by atoms with E-state index in [1.807, 2.05) is 24.3 Å². The van der Waals surface area contributed by atoms with E-state index >= 15 is 0 Å². The number of carbonyl (C=O) groups is 1. The molecule has 3 aromatic rings. The fourth-order valence-electron chi connectivity index (χ4n) is 3.46. The van der Waals surface area contributed by atoms with Crippen molar-refractivity contribution in [3.8, 4) is 17.2 Å². The van der Waals surface area contributed by atoms with Crippen LogP contribution < -0.4 is 20.3 Å². The molecule has 2 aromatic carbocycles. The molecule has 0 radical (unpaired) electrons. The number of halogens is 1. The Hall–Kier alpha value is -2.43. The normalized spacial score (nSPS) is 14.2. The fourth-order valence-corrected chi connectivity index (χ4v) is 5.57. The van der Waals surface area contributed by atoms with Gasteiger partial charge >= 0.3 is 0 Å². The lowest BCUT2D eigenvalue weighted by Crippen LogP contribution is -2.24. The maximum Gasteiger partial charge on any atom is 0.272 e. The molecule has 0 bridgehead atoms. The number of carbonyl (C=O) groups excluding carboxylic acids is 1. The summed E-state index contributed by atoms with van der Waals surface area (Å²) >= 11 is 6.21. The molecule has 2 aliphatic rings. The monoisotopic (exact) mass is 531 g/mol. The lowest BCUT2D eigenvalue weighted by atomic mass is 10.2. The van der Waals surface area contributed by atoms with Crippen molar-refractivity contribution in [2.24, 2.45) is 0 Å². The summed E-state index contributed by atoms with van der Waals surface area (Å²) in [6, 6.07) is 12.8. The lowest BCUT2D eigenvalue weighted by Gasteiger charge is -2.19. The van der Waals surface area contributed by atoms with E-state index in [9.17, 15) is 9.59 Å². The van der Waals surface area contributed by atoms with Crippen molar-refractivity contribution >= 4 is 51.0 Å². The van der Waals surface area contributed by atoms with Crippen molar-refractivity contribution in [3.63, 3.8) is 0 Å². The molecule has 5 rings (SSSR count). The van der Waals surface area contributed by atoms with Gasteiger partial charge in [0.15, 0.2) is 16.7 Å². The molecular formula is C22H18BrN3O4S2. The summed E-state index contributed by atoms with van der Waals surface area (Å²) in [6.45, 7) is 0.998. The Morgan fingerprint density at radius 3 is 2.75 bits per heavy atom. The second kappa shape index (κ2) is 9.21. The van der Waals surface area contributed by atoms with E-state index in [-0.39, 0.29) is 17.2 Å². The van der Waals surface area contributed by atoms with Crippen LogP contribution in [0.5, 0.6) is 11.5 Å². The van der Waals surface area contributed by atoms with E-state index in [1.54, 1.807) is 22.8 Å². The summed E-state index contributed by atoms with van der Waals surface area (Å²) in [5, 5.41) is 3.39. The van der Waals surface area contributed by atoms with Crippen LogP contribution in [0.1, 0.15) is 5.69 Å². The Morgan fingerprint density at radius 2 is 1.94 bits per heavy atom. The maximum atomic E-state index is 13.2. The van der Waals surface area contributed by atoms with Gasteiger partial charge in [0.25, 0.3) is 5.56 Å². The second-order valence-corrected chi connectivity index (χ2v) is 10.0. The van der Waals surface area contributed by atoms with Gasteiger partial charge in [0.2, 0.25) is 5.91 Å². The third-order valence-corrected chi connectivity index (χ3v) is 7.48. The number of amides is 1. The molecule has 1 N–H and O–H groups in total. The van der Waals surface area contributed by atoms with Gasteiger partial charge in [-0.1, -0.05) is 27.7 Å². The first-order chi connectivity index (χ1) is 15.6. The van der Waals surface area contributed by atoms with Gasteiger partial charge in [-0.25, -0.2) is 4.98 Å². The molecule has 3 heterocycles. The largest absolute Gasteiger partial charge is 0.486 e. The van der Waals surface area contributed by atoms with E-state index in [4.69, 9.17) is 14.5 Å². The number of ether oxygens (including phenoxy) is 2. The number of aromatic nitrogens is 2. The number of aryl methyl sites for hydroxylation is 1. The molecular weight excluding hydrogens is 514 g/mol. The van der Waals surface area contributed by atoms with Crippen molar-refractivity contribution in [2.45, 2.75) is 16.5 Å². The van der Waals surface area contributed by atoms with Crippen LogP contribution in [-0.2, 0) is 11.2 Å². The molecule has 10 heteroatoms. The zero-order valence-corrected chi connectivity index (χ0v) is 20.0. The quantitative estimate of drug-likeness (QED) is 0.391. The number of hydrogen-bond acceptors (Lipinski definition) is 7. The first-order valence-electron chi connectivity index (χ1n) is 9.95. The Balaban J connectivity index is 1.37. The molecule has 1 amide bonds. The van der Waals surface area contributed by atoms with E-state index in [0.717, 1.165) is 28.0 Å². The number of rotatable bonds is 5. The highest BCUT2D eigenvalue weighted by Crippen LogP contribution is 2.33. The minimum absolute atomic E-state index is 0.0884. The molecule has 32 heavy (non-hydrogen) atoms. The zero-order chi connectivity index (χ0) is 22.1. The minimum atomic E-state index is -0.196. The molecule has 0 aliphatic carbocycles. The number of hydrogen-bond donors (Lipinski definition) is 1. The number of fused-ring (bicyclic) bond motifs is 2. The van der Waals surface area contributed by atoms with Gasteiger partial charge in [-0.05, 0) is 36.4 Å². The average molecular weight is 532 g/mol. The Labute approximate surface area is 201 Å². The summed E-state index contributed by atoms with van der Waals surface area (Å²) in [5.74, 6) is 2.05. The van der Waals surface area contributed by atoms with Gasteiger partial charge in [0, 0.05) is 28.4 Å². The summed E-state index contributed by atoms with van der Waals surface area (Å²) in [4.78, 5) is 31.2. The van der Waals surface area contributed by atoms with Crippen molar-refractivity contribution < 1.29 is 14.3 Å². The topological polar surface area (TPSA) is 82.5 Å². The number of anilines is 1. The highest BCUT2D eigenvalue weighted by molar-refractivity contribution is 9.10. The maximum absolute atomic E-state index is 13.2. The van der Waals surface area contributed by atoms with Crippen LogP contribution in [0.2, 0.25) is 0 Å². The van der Waals surface area contributed by atoms with Crippen LogP contribution in [0.15, 0.2) is 61.8 Å². The van der Waals surface area contributed by atoms with Crippen molar-refractivity contribution in [3.05, 3.63) is 63.0 Å². The Bertz CT molecular complexity index is 1250. The van der Waals surface area contributed by atoms with Crippen LogP contribution in [0.4, 0.5) is 5.69 Å². The van der Waals surface area contributed by atoms with E-state index in [0.29, 0.717) is 40.5 Å². The van der Waals surface area contributed by atoms with Gasteiger partial charge in [0.1, 0.15) is 13.2 Å². The van der Waals surface area contributed by atoms with Gasteiger partial charge in [-0.3, -0.25) is 14.2 Å². The third-order valence-electron chi connectivity index (χ3n) is 4.91. The molecule has 2 aliphatic heterocycles. The minimum Gasteiger partial charge on any atom is -0.486 e. The third kappa shape index (κ3) is 4.39. The fraction of sp³-hybridized carbons (Fsp3) is 0.227. The van der Waals surface area contributed by atoms with E-state index in [1.165, 1.54) is 23.5 Å². The smallest absolute Gasteiger partial charge is 0.272 e. The summed E-state index contributed by atoms with van der Waals surface area (Å²) in [5.41, 5.74) is 2.07. The number of thioether (sulfide) groups is 2. The molecule has 0 fully saturated rings. The second-order valence-electron chi connectivity index (χ2n) is 7.08.